The Balaban J connectivity index is 1.38. The van der Waals surface area contributed by atoms with Crippen molar-refractivity contribution in [3.8, 4) is 22.5 Å². The predicted octanol–water partition coefficient (Wildman–Crippen LogP) is 5.62. The van der Waals surface area contributed by atoms with Gasteiger partial charge in [0.15, 0.2) is 0 Å². The zero-order valence-electron chi connectivity index (χ0n) is 20.9. The van der Waals surface area contributed by atoms with Crippen molar-refractivity contribution in [1.82, 2.24) is 20.2 Å². The Morgan fingerprint density at radius 1 is 0.895 bits per heavy atom. The molecule has 1 aromatic heterocycles. The standard InChI is InChI=1S/C29H27F2N5O2/c1-18(37)36-14-2-3-19(17-36)16-32-29(38)33-24-12-13-25-26(15-24)35-28(21-6-10-23(31)11-7-21)27(34-25)20-4-8-22(30)9-5-20/h4-13,15,19H,2-3,14,16-17H2,1H3,(H2,32,33,38). The summed E-state index contributed by atoms with van der Waals surface area (Å²) in [6.07, 6.45) is 1.88. The number of likely N-dealkylation sites (tertiary alicyclic amines) is 1. The van der Waals surface area contributed by atoms with Gasteiger partial charge in [0.05, 0.1) is 22.4 Å². The number of nitrogens with zero attached hydrogens (tertiary/aromatic N) is 3. The number of carbonyl (C=O) groups is 2. The maximum absolute atomic E-state index is 13.6. The summed E-state index contributed by atoms with van der Waals surface area (Å²) in [5.74, 6) is -0.465. The molecular weight excluding hydrogens is 488 g/mol. The van der Waals surface area contributed by atoms with E-state index in [0.29, 0.717) is 52.3 Å². The summed E-state index contributed by atoms with van der Waals surface area (Å²) in [6.45, 7) is 3.44. The SMILES string of the molecule is CC(=O)N1CCCC(CNC(=O)Nc2ccc3nc(-c4ccc(F)cc4)c(-c4ccc(F)cc4)nc3c2)C1. The van der Waals surface area contributed by atoms with Crippen LogP contribution in [-0.2, 0) is 4.79 Å². The highest BCUT2D eigenvalue weighted by Gasteiger charge is 2.22. The van der Waals surface area contributed by atoms with Gasteiger partial charge in [0, 0.05) is 43.4 Å². The molecule has 2 N–H and O–H groups in total. The third-order valence-electron chi connectivity index (χ3n) is 6.67. The van der Waals surface area contributed by atoms with Gasteiger partial charge in [-0.1, -0.05) is 0 Å². The van der Waals surface area contributed by atoms with Crippen LogP contribution in [0, 0.1) is 17.6 Å². The summed E-state index contributed by atoms with van der Waals surface area (Å²) >= 11 is 0. The van der Waals surface area contributed by atoms with Gasteiger partial charge in [-0.25, -0.2) is 23.5 Å². The van der Waals surface area contributed by atoms with Crippen LogP contribution in [0.1, 0.15) is 19.8 Å². The molecule has 0 spiro atoms. The second kappa shape index (κ2) is 10.9. The van der Waals surface area contributed by atoms with E-state index in [0.717, 1.165) is 19.4 Å². The smallest absolute Gasteiger partial charge is 0.319 e. The van der Waals surface area contributed by atoms with E-state index in [-0.39, 0.29) is 29.5 Å². The predicted molar refractivity (Wildman–Crippen MR) is 142 cm³/mol. The Morgan fingerprint density at radius 2 is 1.50 bits per heavy atom. The largest absolute Gasteiger partial charge is 0.343 e. The number of hydrogen-bond acceptors (Lipinski definition) is 4. The molecule has 1 aliphatic heterocycles. The lowest BCUT2D eigenvalue weighted by Crippen LogP contribution is -2.43. The molecule has 7 nitrogen and oxygen atoms in total. The second-order valence-electron chi connectivity index (χ2n) is 9.45. The highest BCUT2D eigenvalue weighted by atomic mass is 19.1. The number of amides is 3. The first-order valence-electron chi connectivity index (χ1n) is 12.5. The van der Waals surface area contributed by atoms with Gasteiger partial charge in [0.1, 0.15) is 11.6 Å². The van der Waals surface area contributed by atoms with E-state index in [4.69, 9.17) is 9.97 Å². The molecule has 3 aromatic carbocycles. The number of halogens is 2. The minimum Gasteiger partial charge on any atom is -0.343 e. The lowest BCUT2D eigenvalue weighted by atomic mass is 9.98. The fraction of sp³-hybridized carbons (Fsp3) is 0.241. The average Bonchev–Trinajstić information content (AvgIpc) is 2.92. The van der Waals surface area contributed by atoms with Crippen molar-refractivity contribution in [3.63, 3.8) is 0 Å². The molecule has 4 aromatic rings. The molecule has 1 unspecified atom stereocenters. The Bertz CT molecular complexity index is 1480. The van der Waals surface area contributed by atoms with Gasteiger partial charge in [-0.05, 0) is 85.5 Å². The number of rotatable bonds is 5. The number of benzene rings is 3. The second-order valence-corrected chi connectivity index (χ2v) is 9.45. The Labute approximate surface area is 218 Å². The van der Waals surface area contributed by atoms with Crippen molar-refractivity contribution in [2.45, 2.75) is 19.8 Å². The third-order valence-corrected chi connectivity index (χ3v) is 6.67. The molecule has 1 fully saturated rings. The molecule has 1 atom stereocenters. The van der Waals surface area contributed by atoms with Gasteiger partial charge in [0.25, 0.3) is 0 Å². The summed E-state index contributed by atoms with van der Waals surface area (Å²) in [5.41, 5.74) is 4.05. The number of hydrogen-bond donors (Lipinski definition) is 2. The fourth-order valence-corrected chi connectivity index (χ4v) is 4.68. The Kier molecular flexibility index (Phi) is 7.26. The van der Waals surface area contributed by atoms with Gasteiger partial charge in [-0.2, -0.15) is 0 Å². The minimum atomic E-state index is -0.370. The highest BCUT2D eigenvalue weighted by Crippen LogP contribution is 2.32. The van der Waals surface area contributed by atoms with Crippen molar-refractivity contribution < 1.29 is 18.4 Å². The van der Waals surface area contributed by atoms with Crippen LogP contribution in [0.5, 0.6) is 0 Å². The van der Waals surface area contributed by atoms with Gasteiger partial charge >= 0.3 is 6.03 Å². The first kappa shape index (κ1) is 25.3. The zero-order valence-corrected chi connectivity index (χ0v) is 20.9. The number of carbonyl (C=O) groups excluding carboxylic acids is 2. The highest BCUT2D eigenvalue weighted by molar-refractivity contribution is 5.93. The van der Waals surface area contributed by atoms with Crippen molar-refractivity contribution >= 4 is 28.7 Å². The summed E-state index contributed by atoms with van der Waals surface area (Å²) in [7, 11) is 0. The van der Waals surface area contributed by atoms with Gasteiger partial charge in [-0.15, -0.1) is 0 Å². The summed E-state index contributed by atoms with van der Waals surface area (Å²) in [6, 6.07) is 16.8. The van der Waals surface area contributed by atoms with Crippen LogP contribution in [0.25, 0.3) is 33.5 Å². The molecule has 0 radical (unpaired) electrons. The number of piperidine rings is 1. The van der Waals surface area contributed by atoms with E-state index in [1.807, 2.05) is 4.90 Å². The Hall–Kier alpha value is -4.40. The first-order valence-corrected chi connectivity index (χ1v) is 12.5. The van der Waals surface area contributed by atoms with E-state index in [2.05, 4.69) is 10.6 Å². The number of nitrogens with one attached hydrogen (secondary N) is 2. The van der Waals surface area contributed by atoms with Gasteiger partial charge in [0.2, 0.25) is 5.91 Å². The maximum atomic E-state index is 13.6. The van der Waals surface area contributed by atoms with Gasteiger partial charge < -0.3 is 15.5 Å². The van der Waals surface area contributed by atoms with Crippen LogP contribution in [0.3, 0.4) is 0 Å². The molecule has 0 saturated carbocycles. The van der Waals surface area contributed by atoms with Crippen LogP contribution in [0.2, 0.25) is 0 Å². The number of anilines is 1. The summed E-state index contributed by atoms with van der Waals surface area (Å²) < 4.78 is 27.1. The molecule has 194 valence electrons. The lowest BCUT2D eigenvalue weighted by Gasteiger charge is -2.32. The monoisotopic (exact) mass is 515 g/mol. The molecule has 5 rings (SSSR count). The molecule has 0 bridgehead atoms. The first-order chi connectivity index (χ1) is 18.4. The van der Waals surface area contributed by atoms with Crippen molar-refractivity contribution in [2.75, 3.05) is 25.0 Å². The summed E-state index contributed by atoms with van der Waals surface area (Å²) in [5, 5.41) is 5.73. The number of fused-ring (bicyclic) bond motifs is 1. The Morgan fingerprint density at radius 3 is 2.11 bits per heavy atom. The van der Waals surface area contributed by atoms with Crippen molar-refractivity contribution in [1.29, 1.82) is 0 Å². The van der Waals surface area contributed by atoms with Crippen molar-refractivity contribution in [3.05, 3.63) is 78.4 Å². The fourth-order valence-electron chi connectivity index (χ4n) is 4.68. The van der Waals surface area contributed by atoms with Crippen LogP contribution in [0.4, 0.5) is 19.3 Å². The minimum absolute atomic E-state index is 0.0546. The molecular formula is C29H27F2N5O2. The van der Waals surface area contributed by atoms with Crippen LogP contribution in [0.15, 0.2) is 66.7 Å². The van der Waals surface area contributed by atoms with Crippen LogP contribution < -0.4 is 10.6 Å². The molecule has 1 saturated heterocycles. The molecule has 2 heterocycles. The van der Waals surface area contributed by atoms with E-state index in [9.17, 15) is 18.4 Å². The van der Waals surface area contributed by atoms with E-state index in [1.165, 1.54) is 24.3 Å². The molecule has 1 aliphatic rings. The maximum Gasteiger partial charge on any atom is 0.319 e. The normalized spacial score (nSPS) is 15.3. The van der Waals surface area contributed by atoms with Crippen molar-refractivity contribution in [2.24, 2.45) is 5.92 Å². The lowest BCUT2D eigenvalue weighted by molar-refractivity contribution is -0.130. The molecule has 3 amide bonds. The van der Waals surface area contributed by atoms with Crippen LogP contribution >= 0.6 is 0 Å². The molecule has 38 heavy (non-hydrogen) atoms. The van der Waals surface area contributed by atoms with Gasteiger partial charge in [-0.3, -0.25) is 4.79 Å². The van der Waals surface area contributed by atoms with E-state index in [1.54, 1.807) is 49.4 Å². The summed E-state index contributed by atoms with van der Waals surface area (Å²) in [4.78, 5) is 35.6. The molecule has 9 heteroatoms. The average molecular weight is 516 g/mol. The topological polar surface area (TPSA) is 87.2 Å². The van der Waals surface area contributed by atoms with Crippen LogP contribution in [-0.4, -0.2) is 46.4 Å². The molecule has 0 aliphatic carbocycles. The third kappa shape index (κ3) is 5.77. The zero-order chi connectivity index (χ0) is 26.6. The number of aromatic nitrogens is 2. The van der Waals surface area contributed by atoms with E-state index >= 15 is 0 Å². The number of urea groups is 1. The van der Waals surface area contributed by atoms with E-state index < -0.39 is 0 Å². The quantitative estimate of drug-likeness (QED) is 0.361.